The molecule has 3 N–H and O–H groups in total. The Morgan fingerprint density at radius 1 is 1.36 bits per heavy atom. The standard InChI is InChI=1S/C10H20O4/c1-10(2,9(13)14)7-8(12)5-3-4-6-11/h8,11-12H,3-7H2,1-2H3,(H,13,14). The highest BCUT2D eigenvalue weighted by Crippen LogP contribution is 2.24. The Bertz CT molecular complexity index is 177. The molecule has 0 saturated heterocycles. The number of carbonyl (C=O) groups is 1. The first-order valence-corrected chi connectivity index (χ1v) is 4.92. The van der Waals surface area contributed by atoms with Crippen molar-refractivity contribution >= 4 is 5.97 Å². The van der Waals surface area contributed by atoms with Gasteiger partial charge in [0, 0.05) is 6.61 Å². The molecule has 0 fully saturated rings. The minimum absolute atomic E-state index is 0.120. The van der Waals surface area contributed by atoms with E-state index in [0.29, 0.717) is 12.8 Å². The Hall–Kier alpha value is -0.610. The molecule has 4 nitrogen and oxygen atoms in total. The van der Waals surface area contributed by atoms with Gasteiger partial charge < -0.3 is 15.3 Å². The highest BCUT2D eigenvalue weighted by molar-refractivity contribution is 5.73. The van der Waals surface area contributed by atoms with Crippen LogP contribution in [0.15, 0.2) is 0 Å². The van der Waals surface area contributed by atoms with Gasteiger partial charge >= 0.3 is 5.97 Å². The average Bonchev–Trinajstić information content (AvgIpc) is 2.03. The number of aliphatic carboxylic acids is 1. The number of rotatable bonds is 7. The summed E-state index contributed by atoms with van der Waals surface area (Å²) in [4.78, 5) is 10.7. The van der Waals surface area contributed by atoms with E-state index in [1.165, 1.54) is 0 Å². The molecule has 0 aliphatic carbocycles. The molecule has 4 heteroatoms. The van der Waals surface area contributed by atoms with Crippen molar-refractivity contribution < 1.29 is 20.1 Å². The summed E-state index contributed by atoms with van der Waals surface area (Å²) < 4.78 is 0. The summed E-state index contributed by atoms with van der Waals surface area (Å²) in [6.45, 7) is 3.32. The van der Waals surface area contributed by atoms with E-state index in [1.54, 1.807) is 13.8 Å². The van der Waals surface area contributed by atoms with Crippen LogP contribution >= 0.6 is 0 Å². The predicted octanol–water partition coefficient (Wildman–Crippen LogP) is 1.01. The van der Waals surface area contributed by atoms with E-state index in [-0.39, 0.29) is 13.0 Å². The molecule has 0 heterocycles. The molecule has 14 heavy (non-hydrogen) atoms. The summed E-state index contributed by atoms with van der Waals surface area (Å²) >= 11 is 0. The molecule has 0 bridgehead atoms. The zero-order valence-electron chi connectivity index (χ0n) is 8.86. The zero-order chi connectivity index (χ0) is 11.2. The SMILES string of the molecule is CC(C)(CC(O)CCCCO)C(=O)O. The Morgan fingerprint density at radius 2 is 1.93 bits per heavy atom. The van der Waals surface area contributed by atoms with Crippen molar-refractivity contribution in [3.05, 3.63) is 0 Å². The van der Waals surface area contributed by atoms with Crippen LogP contribution in [-0.4, -0.2) is 34.0 Å². The molecular formula is C10H20O4. The minimum atomic E-state index is -0.890. The van der Waals surface area contributed by atoms with E-state index in [1.807, 2.05) is 0 Å². The van der Waals surface area contributed by atoms with Gasteiger partial charge in [0.15, 0.2) is 0 Å². The fourth-order valence-corrected chi connectivity index (χ4v) is 1.27. The minimum Gasteiger partial charge on any atom is -0.481 e. The van der Waals surface area contributed by atoms with Gasteiger partial charge in [-0.15, -0.1) is 0 Å². The van der Waals surface area contributed by atoms with Crippen LogP contribution in [0.4, 0.5) is 0 Å². The van der Waals surface area contributed by atoms with E-state index in [2.05, 4.69) is 0 Å². The van der Waals surface area contributed by atoms with Crippen molar-refractivity contribution in [3.63, 3.8) is 0 Å². The van der Waals surface area contributed by atoms with Gasteiger partial charge in [-0.2, -0.15) is 0 Å². The second kappa shape index (κ2) is 5.98. The van der Waals surface area contributed by atoms with Crippen LogP contribution in [0.3, 0.4) is 0 Å². The number of carboxylic acids is 1. The van der Waals surface area contributed by atoms with Crippen LogP contribution < -0.4 is 0 Å². The maximum Gasteiger partial charge on any atom is 0.309 e. The average molecular weight is 204 g/mol. The van der Waals surface area contributed by atoms with Crippen LogP contribution in [0.5, 0.6) is 0 Å². The molecule has 0 aromatic heterocycles. The first-order chi connectivity index (χ1) is 6.40. The van der Waals surface area contributed by atoms with E-state index in [4.69, 9.17) is 10.2 Å². The normalized spacial score (nSPS) is 14.0. The molecule has 0 radical (unpaired) electrons. The molecule has 1 unspecified atom stereocenters. The number of aliphatic hydroxyl groups excluding tert-OH is 2. The van der Waals surface area contributed by atoms with Crippen molar-refractivity contribution in [2.45, 2.75) is 45.6 Å². The van der Waals surface area contributed by atoms with Gasteiger partial charge in [-0.05, 0) is 39.5 Å². The van der Waals surface area contributed by atoms with Gasteiger partial charge in [-0.25, -0.2) is 0 Å². The second-order valence-electron chi connectivity index (χ2n) is 4.27. The smallest absolute Gasteiger partial charge is 0.309 e. The van der Waals surface area contributed by atoms with Crippen molar-refractivity contribution in [2.24, 2.45) is 5.41 Å². The molecule has 0 aromatic rings. The molecule has 0 amide bonds. The first kappa shape index (κ1) is 13.4. The van der Waals surface area contributed by atoms with Gasteiger partial charge in [0.2, 0.25) is 0 Å². The quantitative estimate of drug-likeness (QED) is 0.541. The Kier molecular flexibility index (Phi) is 5.72. The van der Waals surface area contributed by atoms with Crippen molar-refractivity contribution in [1.82, 2.24) is 0 Å². The maximum atomic E-state index is 10.7. The Balaban J connectivity index is 3.81. The summed E-state index contributed by atoms with van der Waals surface area (Å²) in [5.41, 5.74) is -0.876. The predicted molar refractivity (Wildman–Crippen MR) is 53.0 cm³/mol. The molecule has 0 aromatic carbocycles. The molecular weight excluding hydrogens is 184 g/mol. The lowest BCUT2D eigenvalue weighted by molar-refractivity contribution is -0.148. The molecule has 84 valence electrons. The van der Waals surface area contributed by atoms with E-state index in [9.17, 15) is 9.90 Å². The molecule has 0 aliphatic rings. The van der Waals surface area contributed by atoms with Crippen LogP contribution in [0.2, 0.25) is 0 Å². The fraction of sp³-hybridized carbons (Fsp3) is 0.900. The van der Waals surface area contributed by atoms with Gasteiger partial charge in [0.25, 0.3) is 0 Å². The Labute approximate surface area is 84.6 Å². The zero-order valence-corrected chi connectivity index (χ0v) is 8.86. The van der Waals surface area contributed by atoms with Gasteiger partial charge in [0.05, 0.1) is 11.5 Å². The van der Waals surface area contributed by atoms with Gasteiger partial charge in [-0.3, -0.25) is 4.79 Å². The maximum absolute atomic E-state index is 10.7. The van der Waals surface area contributed by atoms with Crippen molar-refractivity contribution in [1.29, 1.82) is 0 Å². The Morgan fingerprint density at radius 3 is 2.36 bits per heavy atom. The van der Waals surface area contributed by atoms with Crippen LogP contribution in [0, 0.1) is 5.41 Å². The largest absolute Gasteiger partial charge is 0.481 e. The summed E-state index contributed by atoms with van der Waals surface area (Å²) in [7, 11) is 0. The third kappa shape index (κ3) is 5.19. The number of unbranched alkanes of at least 4 members (excludes halogenated alkanes) is 1. The van der Waals surface area contributed by atoms with E-state index < -0.39 is 17.5 Å². The summed E-state index contributed by atoms with van der Waals surface area (Å²) in [6, 6.07) is 0. The highest BCUT2D eigenvalue weighted by Gasteiger charge is 2.29. The first-order valence-electron chi connectivity index (χ1n) is 4.92. The third-order valence-corrected chi connectivity index (χ3v) is 2.27. The van der Waals surface area contributed by atoms with Gasteiger partial charge in [0.1, 0.15) is 0 Å². The number of hydrogen-bond acceptors (Lipinski definition) is 3. The molecule has 0 aliphatic heterocycles. The lowest BCUT2D eigenvalue weighted by Crippen LogP contribution is -2.28. The summed E-state index contributed by atoms with van der Waals surface area (Å²) in [6.07, 6.45) is 1.61. The fourth-order valence-electron chi connectivity index (χ4n) is 1.27. The van der Waals surface area contributed by atoms with Crippen LogP contribution in [0.25, 0.3) is 0 Å². The molecule has 0 spiro atoms. The summed E-state index contributed by atoms with van der Waals surface area (Å²) in [5, 5.41) is 26.9. The second-order valence-corrected chi connectivity index (χ2v) is 4.27. The topological polar surface area (TPSA) is 77.8 Å². The highest BCUT2D eigenvalue weighted by atomic mass is 16.4. The molecule has 0 saturated carbocycles. The van der Waals surface area contributed by atoms with Crippen LogP contribution in [0.1, 0.15) is 39.5 Å². The monoisotopic (exact) mass is 204 g/mol. The third-order valence-electron chi connectivity index (χ3n) is 2.27. The lowest BCUT2D eigenvalue weighted by atomic mass is 9.85. The van der Waals surface area contributed by atoms with Gasteiger partial charge in [-0.1, -0.05) is 0 Å². The lowest BCUT2D eigenvalue weighted by Gasteiger charge is -2.22. The molecule has 0 rings (SSSR count). The number of hydrogen-bond donors (Lipinski definition) is 3. The number of aliphatic hydroxyl groups is 2. The summed E-state index contributed by atoms with van der Waals surface area (Å²) in [5.74, 6) is -0.890. The van der Waals surface area contributed by atoms with E-state index >= 15 is 0 Å². The van der Waals surface area contributed by atoms with Crippen molar-refractivity contribution in [2.75, 3.05) is 6.61 Å². The van der Waals surface area contributed by atoms with Crippen molar-refractivity contribution in [3.8, 4) is 0 Å². The number of carboxylic acid groups (broad SMARTS) is 1. The van der Waals surface area contributed by atoms with E-state index in [0.717, 1.165) is 6.42 Å². The van der Waals surface area contributed by atoms with Crippen LogP contribution in [-0.2, 0) is 4.79 Å². The molecule has 1 atom stereocenters.